The molecule has 1 aromatic carbocycles. The van der Waals surface area contributed by atoms with Gasteiger partial charge in [0.2, 0.25) is 0 Å². The van der Waals surface area contributed by atoms with Gasteiger partial charge in [-0.15, -0.1) is 0 Å². The molecule has 4 nitrogen and oxygen atoms in total. The fourth-order valence-corrected chi connectivity index (χ4v) is 6.20. The summed E-state index contributed by atoms with van der Waals surface area (Å²) < 4.78 is 24.9. The number of carbonyl (C=O) groups is 1. The van der Waals surface area contributed by atoms with E-state index in [0.29, 0.717) is 13.2 Å². The number of cyclic esters (lactones) is 1. The van der Waals surface area contributed by atoms with Crippen LogP contribution in [0.4, 0.5) is 0 Å². The van der Waals surface area contributed by atoms with E-state index in [4.69, 9.17) is 9.47 Å². The summed E-state index contributed by atoms with van der Waals surface area (Å²) in [5.74, 6) is -0.336. The molecular formula is C17H20O4Se. The van der Waals surface area contributed by atoms with E-state index in [1.807, 2.05) is 49.4 Å². The van der Waals surface area contributed by atoms with Crippen LogP contribution in [0.15, 0.2) is 42.5 Å². The molecule has 2 saturated heterocycles. The summed E-state index contributed by atoms with van der Waals surface area (Å²) >= 11 is -2.20. The van der Waals surface area contributed by atoms with Gasteiger partial charge < -0.3 is 0 Å². The van der Waals surface area contributed by atoms with E-state index in [1.54, 1.807) is 0 Å². The molecule has 0 aromatic heterocycles. The normalized spacial score (nSPS) is 33.2. The minimum absolute atomic E-state index is 0.0142. The second kappa shape index (κ2) is 6.86. The van der Waals surface area contributed by atoms with Crippen LogP contribution in [-0.4, -0.2) is 39.1 Å². The van der Waals surface area contributed by atoms with Crippen molar-refractivity contribution in [1.82, 2.24) is 0 Å². The Morgan fingerprint density at radius 1 is 1.23 bits per heavy atom. The number of hydrogen-bond donors (Lipinski definition) is 0. The Morgan fingerprint density at radius 2 is 2.00 bits per heavy atom. The van der Waals surface area contributed by atoms with Gasteiger partial charge in [-0.1, -0.05) is 0 Å². The predicted molar refractivity (Wildman–Crippen MR) is 83.4 cm³/mol. The predicted octanol–water partition coefficient (Wildman–Crippen LogP) is 1.84. The number of esters is 1. The van der Waals surface area contributed by atoms with Crippen LogP contribution < -0.4 is 4.46 Å². The monoisotopic (exact) mass is 368 g/mol. The summed E-state index contributed by atoms with van der Waals surface area (Å²) in [6.07, 6.45) is 4.28. The Labute approximate surface area is 134 Å². The van der Waals surface area contributed by atoms with Crippen LogP contribution in [0, 0.1) is 11.8 Å². The Hall–Kier alpha value is -1.29. The molecule has 0 N–H and O–H groups in total. The van der Waals surface area contributed by atoms with Gasteiger partial charge in [-0.3, -0.25) is 0 Å². The van der Waals surface area contributed by atoms with Gasteiger partial charge in [0.05, 0.1) is 0 Å². The average molecular weight is 367 g/mol. The molecule has 0 bridgehead atoms. The molecule has 2 fully saturated rings. The van der Waals surface area contributed by atoms with E-state index >= 15 is 0 Å². The molecule has 2 heterocycles. The number of fused-ring (bicyclic) bond motifs is 1. The van der Waals surface area contributed by atoms with Gasteiger partial charge in [0.15, 0.2) is 0 Å². The van der Waals surface area contributed by atoms with Crippen LogP contribution in [0.25, 0.3) is 0 Å². The molecule has 0 spiro atoms. The van der Waals surface area contributed by atoms with Crippen molar-refractivity contribution in [3.8, 4) is 0 Å². The van der Waals surface area contributed by atoms with E-state index in [2.05, 4.69) is 0 Å². The zero-order valence-electron chi connectivity index (χ0n) is 12.5. The molecule has 2 aliphatic rings. The van der Waals surface area contributed by atoms with E-state index in [0.717, 1.165) is 10.9 Å². The Balaban J connectivity index is 1.82. The third-order valence-corrected chi connectivity index (χ3v) is 7.78. The minimum atomic E-state index is -2.20. The third kappa shape index (κ3) is 3.07. The van der Waals surface area contributed by atoms with Gasteiger partial charge in [-0.2, -0.15) is 0 Å². The third-order valence-electron chi connectivity index (χ3n) is 4.27. The van der Waals surface area contributed by atoms with E-state index in [9.17, 15) is 8.63 Å². The molecule has 2 aliphatic heterocycles. The molecule has 0 aliphatic carbocycles. The standard InChI is InChI=1S/C17H20O4Se/c1-2-6-15-16-12(10-21-17(16)18)9-14(11-20-15)22(19)13-7-4-3-5-8-13/h2-8,12,14-16H,9-11H2,1H3/b6-2+/t12-,14-,15-,16-,22?/m0/s1. The molecule has 5 heteroatoms. The Kier molecular flexibility index (Phi) is 4.87. The number of benzene rings is 1. The molecule has 22 heavy (non-hydrogen) atoms. The van der Waals surface area contributed by atoms with Crippen LogP contribution >= 0.6 is 0 Å². The van der Waals surface area contributed by atoms with Crippen LogP contribution in [0.5, 0.6) is 0 Å². The number of carbonyl (C=O) groups excluding carboxylic acids is 1. The van der Waals surface area contributed by atoms with Gasteiger partial charge in [-0.05, 0) is 0 Å². The van der Waals surface area contributed by atoms with Crippen molar-refractivity contribution in [3.63, 3.8) is 0 Å². The van der Waals surface area contributed by atoms with E-state index in [-0.39, 0.29) is 28.7 Å². The van der Waals surface area contributed by atoms with Crippen molar-refractivity contribution in [2.24, 2.45) is 11.8 Å². The molecule has 5 atom stereocenters. The topological polar surface area (TPSA) is 52.6 Å². The van der Waals surface area contributed by atoms with Gasteiger partial charge in [-0.25, -0.2) is 0 Å². The van der Waals surface area contributed by atoms with Gasteiger partial charge in [0.25, 0.3) is 0 Å². The maximum atomic E-state index is 12.9. The number of allylic oxidation sites excluding steroid dienone is 1. The van der Waals surface area contributed by atoms with Crippen LogP contribution in [0.3, 0.4) is 0 Å². The van der Waals surface area contributed by atoms with Crippen molar-refractivity contribution in [2.75, 3.05) is 13.2 Å². The van der Waals surface area contributed by atoms with Gasteiger partial charge in [0, 0.05) is 0 Å². The van der Waals surface area contributed by atoms with Crippen molar-refractivity contribution in [2.45, 2.75) is 24.3 Å². The molecule has 1 aromatic rings. The Bertz CT molecular complexity index is 584. The molecule has 3 rings (SSSR count). The van der Waals surface area contributed by atoms with Crippen molar-refractivity contribution < 1.29 is 18.1 Å². The zero-order valence-corrected chi connectivity index (χ0v) is 14.2. The first kappa shape index (κ1) is 15.6. The van der Waals surface area contributed by atoms with Crippen LogP contribution in [0.2, 0.25) is 4.82 Å². The van der Waals surface area contributed by atoms with E-state index < -0.39 is 13.8 Å². The molecule has 118 valence electrons. The first-order valence-electron chi connectivity index (χ1n) is 7.57. The summed E-state index contributed by atoms with van der Waals surface area (Å²) in [5.41, 5.74) is 0. The molecular weight excluding hydrogens is 347 g/mol. The van der Waals surface area contributed by atoms with Crippen molar-refractivity contribution >= 4 is 24.3 Å². The summed E-state index contributed by atoms with van der Waals surface area (Å²) in [6.45, 7) is 2.78. The summed E-state index contributed by atoms with van der Waals surface area (Å²) in [7, 11) is 0. The quantitative estimate of drug-likeness (QED) is 0.465. The van der Waals surface area contributed by atoms with Gasteiger partial charge in [0.1, 0.15) is 0 Å². The number of hydrogen-bond acceptors (Lipinski definition) is 4. The second-order valence-electron chi connectivity index (χ2n) is 5.71. The summed E-state index contributed by atoms with van der Waals surface area (Å²) in [6, 6.07) is 9.58. The molecule has 0 saturated carbocycles. The number of rotatable bonds is 3. The Morgan fingerprint density at radius 3 is 2.73 bits per heavy atom. The van der Waals surface area contributed by atoms with Crippen LogP contribution in [0.1, 0.15) is 13.3 Å². The number of ether oxygens (including phenoxy) is 2. The summed E-state index contributed by atoms with van der Waals surface area (Å²) in [5, 5.41) is 0. The van der Waals surface area contributed by atoms with Crippen molar-refractivity contribution in [1.29, 1.82) is 0 Å². The fourth-order valence-electron chi connectivity index (χ4n) is 3.19. The van der Waals surface area contributed by atoms with Crippen LogP contribution in [-0.2, 0) is 18.1 Å². The second-order valence-corrected chi connectivity index (χ2v) is 9.34. The van der Waals surface area contributed by atoms with Crippen molar-refractivity contribution in [3.05, 3.63) is 42.5 Å². The van der Waals surface area contributed by atoms with Gasteiger partial charge >= 0.3 is 134 Å². The first-order chi connectivity index (χ1) is 10.7. The average Bonchev–Trinajstić information content (AvgIpc) is 2.80. The summed E-state index contributed by atoms with van der Waals surface area (Å²) in [4.78, 5) is 12.0. The first-order valence-corrected chi connectivity index (χ1v) is 10.1. The van der Waals surface area contributed by atoms with E-state index in [1.165, 1.54) is 0 Å². The maximum absolute atomic E-state index is 12.9. The molecule has 0 amide bonds. The molecule has 1 unspecified atom stereocenters. The molecule has 0 radical (unpaired) electrons. The zero-order chi connectivity index (χ0) is 15.5. The SMILES string of the molecule is C/C=C/[C@@H]1OC[C@@H]([Se](=O)c2ccccc2)C[C@H]2COC(=O)[C@@H]21. The fraction of sp³-hybridized carbons (Fsp3) is 0.471.